The van der Waals surface area contributed by atoms with Crippen LogP contribution in [0.3, 0.4) is 0 Å². The molecule has 0 spiro atoms. The van der Waals surface area contributed by atoms with Crippen LogP contribution in [0.4, 0.5) is 10.1 Å². The minimum atomic E-state index is -0.555. The third-order valence-electron chi connectivity index (χ3n) is 5.56. The van der Waals surface area contributed by atoms with Crippen LogP contribution < -0.4 is 0 Å². The molecule has 0 radical (unpaired) electrons. The predicted octanol–water partition coefficient (Wildman–Crippen LogP) is 5.27. The molecule has 0 aliphatic heterocycles. The summed E-state index contributed by atoms with van der Waals surface area (Å²) in [5, 5.41) is 13.1. The van der Waals surface area contributed by atoms with Gasteiger partial charge in [0, 0.05) is 35.2 Å². The second-order valence-corrected chi connectivity index (χ2v) is 8.99. The van der Waals surface area contributed by atoms with E-state index >= 15 is 0 Å². The van der Waals surface area contributed by atoms with E-state index in [1.165, 1.54) is 52.6 Å². The van der Waals surface area contributed by atoms with Crippen molar-refractivity contribution in [2.24, 2.45) is 0 Å². The van der Waals surface area contributed by atoms with Gasteiger partial charge in [-0.15, -0.1) is 11.3 Å². The highest BCUT2D eigenvalue weighted by Crippen LogP contribution is 2.19. The van der Waals surface area contributed by atoms with Crippen molar-refractivity contribution in [2.45, 2.75) is 39.4 Å². The van der Waals surface area contributed by atoms with E-state index in [1.54, 1.807) is 17.0 Å². The second-order valence-electron chi connectivity index (χ2n) is 7.95. The first kappa shape index (κ1) is 25.0. The van der Waals surface area contributed by atoms with E-state index in [0.717, 1.165) is 10.4 Å². The van der Waals surface area contributed by atoms with E-state index in [2.05, 4.69) is 0 Å². The number of thiophene rings is 1. The van der Waals surface area contributed by atoms with Crippen LogP contribution in [0.5, 0.6) is 0 Å². The van der Waals surface area contributed by atoms with Crippen LogP contribution in [0.2, 0.25) is 0 Å². The average molecular weight is 484 g/mol. The van der Waals surface area contributed by atoms with E-state index in [1.807, 2.05) is 31.4 Å². The predicted molar refractivity (Wildman–Crippen MR) is 129 cm³/mol. The van der Waals surface area contributed by atoms with E-state index in [-0.39, 0.29) is 42.1 Å². The topological polar surface area (TPSA) is 83.8 Å². The van der Waals surface area contributed by atoms with Crippen molar-refractivity contribution in [1.29, 1.82) is 0 Å². The summed E-state index contributed by atoms with van der Waals surface area (Å²) in [4.78, 5) is 41.4. The van der Waals surface area contributed by atoms with Crippen LogP contribution >= 0.6 is 11.3 Å². The van der Waals surface area contributed by atoms with Crippen molar-refractivity contribution < 1.29 is 18.9 Å². The van der Waals surface area contributed by atoms with E-state index in [9.17, 15) is 24.1 Å². The molecule has 2 aromatic carbocycles. The maximum Gasteiger partial charge on any atom is 0.270 e. The van der Waals surface area contributed by atoms with Gasteiger partial charge in [-0.1, -0.05) is 31.2 Å². The Morgan fingerprint density at radius 3 is 2.44 bits per heavy atom. The number of hydrogen-bond acceptors (Lipinski definition) is 5. The minimum absolute atomic E-state index is 0.158. The maximum absolute atomic E-state index is 13.4. The van der Waals surface area contributed by atoms with Crippen molar-refractivity contribution >= 4 is 28.8 Å². The molecule has 0 unspecified atom stereocenters. The van der Waals surface area contributed by atoms with Gasteiger partial charge in [0.25, 0.3) is 11.6 Å². The van der Waals surface area contributed by atoms with Crippen molar-refractivity contribution in [3.8, 4) is 0 Å². The van der Waals surface area contributed by atoms with Gasteiger partial charge in [-0.25, -0.2) is 4.39 Å². The Morgan fingerprint density at radius 1 is 1.09 bits per heavy atom. The van der Waals surface area contributed by atoms with Gasteiger partial charge < -0.3 is 9.80 Å². The van der Waals surface area contributed by atoms with Crippen LogP contribution in [0.15, 0.2) is 66.0 Å². The third-order valence-corrected chi connectivity index (χ3v) is 6.42. The molecule has 0 bridgehead atoms. The quantitative estimate of drug-likeness (QED) is 0.291. The van der Waals surface area contributed by atoms with Crippen LogP contribution in [0.1, 0.15) is 41.1 Å². The standard InChI is InChI=1S/C25H26FN3O4S/c1-3-18(2)28(25(31)20-6-4-7-22(14-20)29(32)33)17-24(30)27(16-23-8-5-13-34-23)15-19-9-11-21(26)12-10-19/h4-14,18H,3,15-17H2,1-2H3/t18-/m1/s1. The second kappa shape index (κ2) is 11.5. The first-order chi connectivity index (χ1) is 16.3. The summed E-state index contributed by atoms with van der Waals surface area (Å²) in [6.07, 6.45) is 0.608. The lowest BCUT2D eigenvalue weighted by atomic mass is 10.1. The van der Waals surface area contributed by atoms with Crippen molar-refractivity contribution in [3.05, 3.63) is 98.0 Å². The summed E-state index contributed by atoms with van der Waals surface area (Å²) in [7, 11) is 0. The van der Waals surface area contributed by atoms with Gasteiger partial charge in [-0.2, -0.15) is 0 Å². The molecule has 9 heteroatoms. The maximum atomic E-state index is 13.4. The van der Waals surface area contributed by atoms with Gasteiger partial charge in [0.2, 0.25) is 5.91 Å². The third kappa shape index (κ3) is 6.48. The largest absolute Gasteiger partial charge is 0.332 e. The van der Waals surface area contributed by atoms with E-state index in [4.69, 9.17) is 0 Å². The van der Waals surface area contributed by atoms with Gasteiger partial charge in [0.15, 0.2) is 0 Å². The Balaban J connectivity index is 1.85. The lowest BCUT2D eigenvalue weighted by Gasteiger charge is -2.31. The van der Waals surface area contributed by atoms with Crippen LogP contribution in [0, 0.1) is 15.9 Å². The van der Waals surface area contributed by atoms with E-state index < -0.39 is 10.8 Å². The number of hydrogen-bond donors (Lipinski definition) is 0. The summed E-state index contributed by atoms with van der Waals surface area (Å²) in [5.41, 5.74) is 0.744. The molecule has 0 aliphatic rings. The first-order valence-corrected chi connectivity index (χ1v) is 11.8. The zero-order valence-electron chi connectivity index (χ0n) is 19.0. The SMILES string of the molecule is CC[C@@H](C)N(CC(=O)N(Cc1ccc(F)cc1)Cc1cccs1)C(=O)c1cccc([N+](=O)[O-])c1. The van der Waals surface area contributed by atoms with Crippen molar-refractivity contribution in [2.75, 3.05) is 6.54 Å². The lowest BCUT2D eigenvalue weighted by Crippen LogP contribution is -2.46. The molecule has 1 heterocycles. The van der Waals surface area contributed by atoms with Gasteiger partial charge in [0.1, 0.15) is 12.4 Å². The summed E-state index contributed by atoms with van der Waals surface area (Å²) < 4.78 is 13.4. The van der Waals surface area contributed by atoms with Crippen molar-refractivity contribution in [1.82, 2.24) is 9.80 Å². The van der Waals surface area contributed by atoms with Crippen molar-refractivity contribution in [3.63, 3.8) is 0 Å². The van der Waals surface area contributed by atoms with Crippen LogP contribution in [-0.4, -0.2) is 39.1 Å². The van der Waals surface area contributed by atoms with Gasteiger partial charge in [0.05, 0.1) is 11.5 Å². The molecule has 1 atom stereocenters. The highest BCUT2D eigenvalue weighted by Gasteiger charge is 2.27. The smallest absolute Gasteiger partial charge is 0.270 e. The van der Waals surface area contributed by atoms with Crippen LogP contribution in [0.25, 0.3) is 0 Å². The zero-order chi connectivity index (χ0) is 24.7. The fraction of sp³-hybridized carbons (Fsp3) is 0.280. The molecule has 0 aliphatic carbocycles. The molecule has 34 heavy (non-hydrogen) atoms. The molecule has 0 fully saturated rings. The monoisotopic (exact) mass is 483 g/mol. The summed E-state index contributed by atoms with van der Waals surface area (Å²) in [6, 6.07) is 15.0. The Hall–Kier alpha value is -3.59. The van der Waals surface area contributed by atoms with Gasteiger partial charge in [-0.05, 0) is 48.6 Å². The normalized spacial score (nSPS) is 11.6. The van der Waals surface area contributed by atoms with Crippen LogP contribution in [-0.2, 0) is 17.9 Å². The Kier molecular flexibility index (Phi) is 8.48. The molecule has 7 nitrogen and oxygen atoms in total. The number of nitro benzene ring substituents is 1. The molecule has 3 aromatic rings. The number of non-ortho nitro benzene ring substituents is 1. The molecule has 0 saturated heterocycles. The number of halogens is 1. The summed E-state index contributed by atoms with van der Waals surface area (Å²) in [6.45, 7) is 4.18. The molecular weight excluding hydrogens is 457 g/mol. The fourth-order valence-electron chi connectivity index (χ4n) is 3.45. The number of rotatable bonds is 10. The van der Waals surface area contributed by atoms with Gasteiger partial charge >= 0.3 is 0 Å². The molecule has 2 amide bonds. The average Bonchev–Trinajstić information content (AvgIpc) is 3.35. The summed E-state index contributed by atoms with van der Waals surface area (Å²) in [5.74, 6) is -1.06. The lowest BCUT2D eigenvalue weighted by molar-refractivity contribution is -0.384. The molecular formula is C25H26FN3O4S. The van der Waals surface area contributed by atoms with Gasteiger partial charge in [-0.3, -0.25) is 19.7 Å². The first-order valence-electron chi connectivity index (χ1n) is 10.9. The number of carbonyl (C=O) groups is 2. The highest BCUT2D eigenvalue weighted by atomic mass is 32.1. The summed E-state index contributed by atoms with van der Waals surface area (Å²) >= 11 is 1.52. The molecule has 178 valence electrons. The molecule has 0 saturated carbocycles. The molecule has 1 aromatic heterocycles. The number of nitro groups is 1. The fourth-order valence-corrected chi connectivity index (χ4v) is 4.16. The zero-order valence-corrected chi connectivity index (χ0v) is 19.8. The molecule has 0 N–H and O–H groups in total. The number of carbonyl (C=O) groups excluding carboxylic acids is 2. The number of benzene rings is 2. The number of amides is 2. The number of nitrogens with zero attached hydrogens (tertiary/aromatic N) is 3. The Bertz CT molecular complexity index is 1140. The molecule has 3 rings (SSSR count). The Morgan fingerprint density at radius 2 is 1.82 bits per heavy atom. The minimum Gasteiger partial charge on any atom is -0.332 e. The Labute approximate surface area is 201 Å². The van der Waals surface area contributed by atoms with E-state index in [0.29, 0.717) is 13.0 Å². The highest BCUT2D eigenvalue weighted by molar-refractivity contribution is 7.09.